The average Bonchev–Trinajstić information content (AvgIpc) is 2.26. The molecule has 0 N–H and O–H groups in total. The van der Waals surface area contributed by atoms with Gasteiger partial charge in [-0.15, -0.1) is 0 Å². The molecule has 3 nitrogen and oxygen atoms in total. The van der Waals surface area contributed by atoms with Crippen LogP contribution in [-0.2, 0) is 4.74 Å². The molecule has 1 rings (SSSR count). The lowest BCUT2D eigenvalue weighted by atomic mass is 9.93. The maximum Gasteiger partial charge on any atom is 0.410 e. The van der Waals surface area contributed by atoms with Gasteiger partial charge >= 0.3 is 6.09 Å². The van der Waals surface area contributed by atoms with Gasteiger partial charge in [0.25, 0.3) is 0 Å². The Morgan fingerprint density at radius 1 is 1.26 bits per heavy atom. The van der Waals surface area contributed by atoms with E-state index >= 15 is 0 Å². The zero-order valence-corrected chi connectivity index (χ0v) is 13.4. The third-order valence-corrected chi connectivity index (χ3v) is 3.77. The second kappa shape index (κ2) is 7.16. The van der Waals surface area contributed by atoms with E-state index in [4.69, 9.17) is 4.74 Å². The predicted molar refractivity (Wildman–Crippen MR) is 79.3 cm³/mol. The Balaban J connectivity index is 2.63. The first-order chi connectivity index (χ1) is 8.85. The van der Waals surface area contributed by atoms with Gasteiger partial charge in [-0.3, -0.25) is 0 Å². The summed E-state index contributed by atoms with van der Waals surface area (Å²) in [6.07, 6.45) is 8.17. The number of nitrogens with zero attached hydrogens (tertiary/aromatic N) is 1. The first-order valence-electron chi connectivity index (χ1n) is 7.86. The van der Waals surface area contributed by atoms with Gasteiger partial charge in [-0.05, 0) is 53.4 Å². The molecular weight excluding hydrogens is 238 g/mol. The molecule has 3 heteroatoms. The van der Waals surface area contributed by atoms with Crippen molar-refractivity contribution in [3.8, 4) is 0 Å². The Hall–Kier alpha value is -0.730. The van der Waals surface area contributed by atoms with Crippen molar-refractivity contribution in [1.82, 2.24) is 4.90 Å². The third kappa shape index (κ3) is 5.42. The Morgan fingerprint density at radius 3 is 2.53 bits per heavy atom. The molecule has 19 heavy (non-hydrogen) atoms. The van der Waals surface area contributed by atoms with Crippen molar-refractivity contribution in [1.29, 1.82) is 0 Å². The number of unbranched alkanes of at least 4 members (excludes halogenated alkanes) is 2. The molecule has 0 bridgehead atoms. The van der Waals surface area contributed by atoms with Crippen molar-refractivity contribution >= 4 is 6.09 Å². The number of hydrogen-bond acceptors (Lipinski definition) is 2. The highest BCUT2D eigenvalue weighted by molar-refractivity contribution is 5.69. The lowest BCUT2D eigenvalue weighted by molar-refractivity contribution is -0.00428. The molecule has 1 amide bonds. The molecule has 0 radical (unpaired) electrons. The van der Waals surface area contributed by atoms with Crippen LogP contribution in [0.4, 0.5) is 4.79 Å². The highest BCUT2D eigenvalue weighted by atomic mass is 16.6. The average molecular weight is 269 g/mol. The zero-order valence-electron chi connectivity index (χ0n) is 13.4. The highest BCUT2D eigenvalue weighted by Crippen LogP contribution is 2.28. The van der Waals surface area contributed by atoms with Gasteiger partial charge in [0, 0.05) is 12.1 Å². The minimum absolute atomic E-state index is 0.124. The van der Waals surface area contributed by atoms with E-state index < -0.39 is 5.60 Å². The van der Waals surface area contributed by atoms with Crippen molar-refractivity contribution in [2.45, 2.75) is 97.2 Å². The largest absolute Gasteiger partial charge is 0.444 e. The molecule has 1 aliphatic heterocycles. The Kier molecular flexibility index (Phi) is 6.15. The van der Waals surface area contributed by atoms with Crippen molar-refractivity contribution in [3.63, 3.8) is 0 Å². The number of likely N-dealkylation sites (tertiary alicyclic amines) is 1. The van der Waals surface area contributed by atoms with E-state index in [1.807, 2.05) is 25.7 Å². The molecule has 1 heterocycles. The summed E-state index contributed by atoms with van der Waals surface area (Å²) in [5.74, 6) is 0. The van der Waals surface area contributed by atoms with Gasteiger partial charge < -0.3 is 9.64 Å². The summed E-state index contributed by atoms with van der Waals surface area (Å²) in [6.45, 7) is 10.2. The number of ether oxygens (including phenoxy) is 1. The minimum Gasteiger partial charge on any atom is -0.444 e. The fraction of sp³-hybridized carbons (Fsp3) is 0.938. The van der Waals surface area contributed by atoms with Crippen LogP contribution in [0.1, 0.15) is 79.6 Å². The van der Waals surface area contributed by atoms with Gasteiger partial charge in [-0.25, -0.2) is 4.79 Å². The van der Waals surface area contributed by atoms with E-state index in [-0.39, 0.29) is 6.09 Å². The van der Waals surface area contributed by atoms with E-state index in [1.165, 1.54) is 25.7 Å². The number of hydrogen-bond donors (Lipinski definition) is 0. The molecule has 0 aliphatic carbocycles. The highest BCUT2D eigenvalue weighted by Gasteiger charge is 2.34. The molecule has 2 atom stereocenters. The Bertz CT molecular complexity index is 283. The summed E-state index contributed by atoms with van der Waals surface area (Å²) in [5, 5.41) is 0. The SMILES string of the molecule is CCCCC[C@H]1CCC[C@H](C)N1C(=O)OC(C)(C)C. The summed E-state index contributed by atoms with van der Waals surface area (Å²) in [7, 11) is 0. The van der Waals surface area contributed by atoms with Gasteiger partial charge in [-0.2, -0.15) is 0 Å². The standard InChI is InChI=1S/C16H31NO2/c1-6-7-8-11-14-12-9-10-13(2)17(14)15(18)19-16(3,4)5/h13-14H,6-12H2,1-5H3/t13-,14-/m0/s1. The Morgan fingerprint density at radius 2 is 1.95 bits per heavy atom. The molecule has 0 aromatic rings. The van der Waals surface area contributed by atoms with Crippen LogP contribution in [0.5, 0.6) is 0 Å². The Labute approximate surface area is 118 Å². The molecular formula is C16H31NO2. The molecule has 0 saturated carbocycles. The number of rotatable bonds is 4. The van der Waals surface area contributed by atoms with Crippen LogP contribution in [0.2, 0.25) is 0 Å². The summed E-state index contributed by atoms with van der Waals surface area (Å²) in [5.41, 5.74) is -0.401. The lowest BCUT2D eigenvalue weighted by Gasteiger charge is -2.41. The van der Waals surface area contributed by atoms with Crippen LogP contribution in [0, 0.1) is 0 Å². The topological polar surface area (TPSA) is 29.5 Å². The predicted octanol–water partition coefficient (Wildman–Crippen LogP) is 4.74. The molecule has 1 saturated heterocycles. The van der Waals surface area contributed by atoms with Crippen LogP contribution in [0.25, 0.3) is 0 Å². The molecule has 0 spiro atoms. The van der Waals surface area contributed by atoms with Crippen LogP contribution in [-0.4, -0.2) is 28.7 Å². The summed E-state index contributed by atoms with van der Waals surface area (Å²) < 4.78 is 5.57. The van der Waals surface area contributed by atoms with E-state index in [0.717, 1.165) is 19.3 Å². The van der Waals surface area contributed by atoms with Crippen molar-refractivity contribution in [2.75, 3.05) is 0 Å². The monoisotopic (exact) mass is 269 g/mol. The van der Waals surface area contributed by atoms with Crippen molar-refractivity contribution in [2.24, 2.45) is 0 Å². The summed E-state index contributed by atoms with van der Waals surface area (Å²) in [6, 6.07) is 0.695. The van der Waals surface area contributed by atoms with Gasteiger partial charge in [0.2, 0.25) is 0 Å². The van der Waals surface area contributed by atoms with Gasteiger partial charge in [0.1, 0.15) is 5.60 Å². The first kappa shape index (κ1) is 16.3. The molecule has 1 aliphatic rings. The normalized spacial score (nSPS) is 24.4. The maximum atomic E-state index is 12.4. The second-order valence-corrected chi connectivity index (χ2v) is 6.82. The fourth-order valence-electron chi connectivity index (χ4n) is 2.84. The smallest absolute Gasteiger partial charge is 0.410 e. The van der Waals surface area contributed by atoms with Gasteiger partial charge in [0.05, 0.1) is 0 Å². The summed E-state index contributed by atoms with van der Waals surface area (Å²) in [4.78, 5) is 14.4. The third-order valence-electron chi connectivity index (χ3n) is 3.77. The fourth-order valence-corrected chi connectivity index (χ4v) is 2.84. The molecule has 0 aromatic heterocycles. The maximum absolute atomic E-state index is 12.4. The van der Waals surface area contributed by atoms with E-state index in [2.05, 4.69) is 13.8 Å². The zero-order chi connectivity index (χ0) is 14.5. The minimum atomic E-state index is -0.401. The van der Waals surface area contributed by atoms with Crippen LogP contribution < -0.4 is 0 Å². The van der Waals surface area contributed by atoms with Crippen molar-refractivity contribution in [3.05, 3.63) is 0 Å². The second-order valence-electron chi connectivity index (χ2n) is 6.82. The van der Waals surface area contributed by atoms with Crippen LogP contribution in [0.3, 0.4) is 0 Å². The molecule has 1 fully saturated rings. The molecule has 0 unspecified atom stereocenters. The van der Waals surface area contributed by atoms with Gasteiger partial charge in [-0.1, -0.05) is 26.2 Å². The lowest BCUT2D eigenvalue weighted by Crippen LogP contribution is -2.50. The van der Waals surface area contributed by atoms with Crippen LogP contribution in [0.15, 0.2) is 0 Å². The first-order valence-corrected chi connectivity index (χ1v) is 7.86. The molecule has 112 valence electrons. The van der Waals surface area contributed by atoms with E-state index in [0.29, 0.717) is 12.1 Å². The summed E-state index contributed by atoms with van der Waals surface area (Å²) >= 11 is 0. The van der Waals surface area contributed by atoms with E-state index in [1.54, 1.807) is 0 Å². The van der Waals surface area contributed by atoms with Crippen LogP contribution >= 0.6 is 0 Å². The quantitative estimate of drug-likeness (QED) is 0.690. The van der Waals surface area contributed by atoms with Crippen molar-refractivity contribution < 1.29 is 9.53 Å². The molecule has 0 aromatic carbocycles. The number of carbonyl (C=O) groups is 1. The number of amides is 1. The number of carbonyl (C=O) groups excluding carboxylic acids is 1. The van der Waals surface area contributed by atoms with E-state index in [9.17, 15) is 4.79 Å². The number of piperidine rings is 1. The van der Waals surface area contributed by atoms with Gasteiger partial charge in [0.15, 0.2) is 0 Å².